The third-order valence-corrected chi connectivity index (χ3v) is 5.89. The molecule has 0 atom stereocenters. The van der Waals surface area contributed by atoms with Gasteiger partial charge >= 0.3 is 5.97 Å². The SMILES string of the molecule is CCOC(=O)c1c(CSc2nnc(C3CC3)n2C)nc2ccccc2c1C. The van der Waals surface area contributed by atoms with Gasteiger partial charge < -0.3 is 9.30 Å². The number of thioether (sulfide) groups is 1. The first-order valence-corrected chi connectivity index (χ1v) is 10.2. The number of benzene rings is 1. The number of nitrogens with zero attached hydrogens (tertiary/aromatic N) is 4. The number of carbonyl (C=O) groups excluding carboxylic acids is 1. The molecule has 4 rings (SSSR count). The maximum Gasteiger partial charge on any atom is 0.340 e. The lowest BCUT2D eigenvalue weighted by molar-refractivity contribution is 0.0524. The molecule has 7 heteroatoms. The second-order valence-electron chi connectivity index (χ2n) is 6.76. The van der Waals surface area contributed by atoms with Crippen LogP contribution in [0.2, 0.25) is 0 Å². The molecule has 0 amide bonds. The minimum atomic E-state index is -0.319. The predicted octanol–water partition coefficient (Wildman–Crippen LogP) is 4.02. The molecule has 2 heterocycles. The van der Waals surface area contributed by atoms with Crippen LogP contribution in [0.15, 0.2) is 29.4 Å². The zero-order valence-electron chi connectivity index (χ0n) is 15.7. The second kappa shape index (κ2) is 7.31. The molecule has 140 valence electrons. The topological polar surface area (TPSA) is 69.9 Å². The third-order valence-electron chi connectivity index (χ3n) is 4.86. The molecule has 27 heavy (non-hydrogen) atoms. The van der Waals surface area contributed by atoms with Gasteiger partial charge in [0.05, 0.1) is 23.4 Å². The molecule has 0 unspecified atom stereocenters. The molecule has 1 aromatic carbocycles. The van der Waals surface area contributed by atoms with E-state index in [1.807, 2.05) is 45.2 Å². The van der Waals surface area contributed by atoms with E-state index < -0.39 is 0 Å². The summed E-state index contributed by atoms with van der Waals surface area (Å²) in [5.74, 6) is 1.82. The summed E-state index contributed by atoms with van der Waals surface area (Å²) < 4.78 is 7.35. The summed E-state index contributed by atoms with van der Waals surface area (Å²) >= 11 is 1.55. The van der Waals surface area contributed by atoms with Crippen LogP contribution in [0.4, 0.5) is 0 Å². The molecule has 6 nitrogen and oxygen atoms in total. The monoisotopic (exact) mass is 382 g/mol. The highest BCUT2D eigenvalue weighted by atomic mass is 32.2. The molecular weight excluding hydrogens is 360 g/mol. The minimum absolute atomic E-state index is 0.319. The average Bonchev–Trinajstić information content (AvgIpc) is 3.43. The molecule has 0 N–H and O–H groups in total. The van der Waals surface area contributed by atoms with E-state index in [4.69, 9.17) is 9.72 Å². The van der Waals surface area contributed by atoms with Gasteiger partial charge in [0.2, 0.25) is 0 Å². The van der Waals surface area contributed by atoms with Crippen molar-refractivity contribution < 1.29 is 9.53 Å². The van der Waals surface area contributed by atoms with Gasteiger partial charge in [0.1, 0.15) is 5.82 Å². The largest absolute Gasteiger partial charge is 0.462 e. The molecule has 0 radical (unpaired) electrons. The molecule has 0 bridgehead atoms. The molecule has 1 saturated carbocycles. The van der Waals surface area contributed by atoms with Crippen molar-refractivity contribution in [3.63, 3.8) is 0 Å². The van der Waals surface area contributed by atoms with Crippen LogP contribution in [0.25, 0.3) is 10.9 Å². The van der Waals surface area contributed by atoms with Gasteiger partial charge in [-0.15, -0.1) is 10.2 Å². The number of para-hydroxylation sites is 1. The predicted molar refractivity (Wildman–Crippen MR) is 105 cm³/mol. The highest BCUT2D eigenvalue weighted by Gasteiger charge is 2.29. The van der Waals surface area contributed by atoms with Gasteiger partial charge in [0, 0.05) is 24.1 Å². The number of hydrogen-bond acceptors (Lipinski definition) is 6. The maximum atomic E-state index is 12.6. The van der Waals surface area contributed by atoms with Crippen LogP contribution in [-0.2, 0) is 17.5 Å². The first kappa shape index (κ1) is 18.0. The number of fused-ring (bicyclic) bond motifs is 1. The van der Waals surface area contributed by atoms with Gasteiger partial charge in [-0.3, -0.25) is 4.98 Å². The number of carbonyl (C=O) groups is 1. The van der Waals surface area contributed by atoms with Gasteiger partial charge in [0.25, 0.3) is 0 Å². The molecular formula is C20H22N4O2S. The quantitative estimate of drug-likeness (QED) is 0.474. The van der Waals surface area contributed by atoms with Crippen LogP contribution in [0.1, 0.15) is 53.1 Å². The molecule has 1 aliphatic rings. The zero-order valence-corrected chi connectivity index (χ0v) is 16.5. The smallest absolute Gasteiger partial charge is 0.340 e. The average molecular weight is 382 g/mol. The van der Waals surface area contributed by atoms with Crippen molar-refractivity contribution in [2.75, 3.05) is 6.61 Å². The van der Waals surface area contributed by atoms with Crippen LogP contribution in [0, 0.1) is 6.92 Å². The van der Waals surface area contributed by atoms with Crippen molar-refractivity contribution in [1.82, 2.24) is 19.7 Å². The molecule has 3 aromatic rings. The normalized spacial score (nSPS) is 13.9. The van der Waals surface area contributed by atoms with E-state index in [1.54, 1.807) is 11.8 Å². The summed E-state index contributed by atoms with van der Waals surface area (Å²) in [6.07, 6.45) is 2.38. The standard InChI is InChI=1S/C20H22N4O2S/c1-4-26-19(25)17-12(2)14-7-5-6-8-15(14)21-16(17)11-27-20-23-22-18(24(20)3)13-9-10-13/h5-8,13H,4,9-11H2,1-3H3. The Morgan fingerprint density at radius 1 is 1.30 bits per heavy atom. The van der Waals surface area contributed by atoms with Crippen molar-refractivity contribution >= 4 is 28.6 Å². The Morgan fingerprint density at radius 3 is 2.81 bits per heavy atom. The van der Waals surface area contributed by atoms with Crippen LogP contribution in [0.3, 0.4) is 0 Å². The van der Waals surface area contributed by atoms with E-state index >= 15 is 0 Å². The van der Waals surface area contributed by atoms with Crippen LogP contribution < -0.4 is 0 Å². The van der Waals surface area contributed by atoms with Crippen molar-refractivity contribution in [2.24, 2.45) is 7.05 Å². The Balaban J connectivity index is 1.69. The van der Waals surface area contributed by atoms with Crippen molar-refractivity contribution in [1.29, 1.82) is 0 Å². The second-order valence-corrected chi connectivity index (χ2v) is 7.70. The number of rotatable bonds is 6. The lowest BCUT2D eigenvalue weighted by Gasteiger charge is -2.13. The Labute approximate surface area is 162 Å². The molecule has 0 aliphatic heterocycles. The fourth-order valence-corrected chi connectivity index (χ4v) is 4.16. The van der Waals surface area contributed by atoms with Gasteiger partial charge in [-0.25, -0.2) is 4.79 Å². The number of aryl methyl sites for hydroxylation is 1. The lowest BCUT2D eigenvalue weighted by atomic mass is 10.0. The van der Waals surface area contributed by atoms with E-state index in [-0.39, 0.29) is 5.97 Å². The van der Waals surface area contributed by atoms with Crippen LogP contribution in [-0.4, -0.2) is 32.3 Å². The van der Waals surface area contributed by atoms with Gasteiger partial charge in [-0.2, -0.15) is 0 Å². The van der Waals surface area contributed by atoms with E-state index in [0.717, 1.165) is 33.1 Å². The fourth-order valence-electron chi connectivity index (χ4n) is 3.30. The molecule has 1 fully saturated rings. The molecule has 1 aliphatic carbocycles. The summed E-state index contributed by atoms with van der Waals surface area (Å²) in [6, 6.07) is 7.88. The van der Waals surface area contributed by atoms with Crippen molar-refractivity contribution in [3.8, 4) is 0 Å². The molecule has 2 aromatic heterocycles. The summed E-state index contributed by atoms with van der Waals surface area (Å²) in [4.78, 5) is 17.4. The number of esters is 1. The zero-order chi connectivity index (χ0) is 19.0. The van der Waals surface area contributed by atoms with E-state index in [9.17, 15) is 4.79 Å². The fraction of sp³-hybridized carbons (Fsp3) is 0.400. The van der Waals surface area contributed by atoms with Crippen LogP contribution >= 0.6 is 11.8 Å². The highest BCUT2D eigenvalue weighted by molar-refractivity contribution is 7.98. The van der Waals surface area contributed by atoms with Gasteiger partial charge in [0.15, 0.2) is 5.16 Å². The Hall–Kier alpha value is -2.41. The number of ether oxygens (including phenoxy) is 1. The first-order chi connectivity index (χ1) is 13.1. The van der Waals surface area contributed by atoms with Gasteiger partial charge in [-0.1, -0.05) is 30.0 Å². The Morgan fingerprint density at radius 2 is 2.07 bits per heavy atom. The Bertz CT molecular complexity index is 1010. The van der Waals surface area contributed by atoms with E-state index in [0.29, 0.717) is 23.8 Å². The Kier molecular flexibility index (Phi) is 4.86. The third kappa shape index (κ3) is 3.43. The van der Waals surface area contributed by atoms with E-state index in [1.165, 1.54) is 12.8 Å². The van der Waals surface area contributed by atoms with Crippen LogP contribution in [0.5, 0.6) is 0 Å². The summed E-state index contributed by atoms with van der Waals surface area (Å²) in [5.41, 5.74) is 3.08. The molecule has 0 spiro atoms. The summed E-state index contributed by atoms with van der Waals surface area (Å²) in [5, 5.41) is 10.5. The number of pyridine rings is 1. The minimum Gasteiger partial charge on any atom is -0.462 e. The van der Waals surface area contributed by atoms with E-state index in [2.05, 4.69) is 14.8 Å². The first-order valence-electron chi connectivity index (χ1n) is 9.17. The van der Waals surface area contributed by atoms with Crippen molar-refractivity contribution in [3.05, 3.63) is 46.9 Å². The molecule has 0 saturated heterocycles. The number of hydrogen-bond donors (Lipinski definition) is 0. The van der Waals surface area contributed by atoms with Crippen molar-refractivity contribution in [2.45, 2.75) is 43.5 Å². The summed E-state index contributed by atoms with van der Waals surface area (Å²) in [6.45, 7) is 4.11. The lowest BCUT2D eigenvalue weighted by Crippen LogP contribution is -2.12. The maximum absolute atomic E-state index is 12.6. The highest BCUT2D eigenvalue weighted by Crippen LogP contribution is 2.39. The van der Waals surface area contributed by atoms with Gasteiger partial charge in [-0.05, 0) is 38.3 Å². The summed E-state index contributed by atoms with van der Waals surface area (Å²) in [7, 11) is 2.00. The number of aromatic nitrogens is 4.